The van der Waals surface area contributed by atoms with Gasteiger partial charge in [-0.1, -0.05) is 24.3 Å². The van der Waals surface area contributed by atoms with Gasteiger partial charge in [0, 0.05) is 23.9 Å². The van der Waals surface area contributed by atoms with Crippen molar-refractivity contribution in [3.05, 3.63) is 47.2 Å². The van der Waals surface area contributed by atoms with E-state index in [0.29, 0.717) is 18.3 Å². The number of carbonyl (C=O) groups excluding carboxylic acids is 2. The van der Waals surface area contributed by atoms with E-state index in [2.05, 4.69) is 27.8 Å². The van der Waals surface area contributed by atoms with Crippen LogP contribution in [0.1, 0.15) is 25.8 Å². The highest BCUT2D eigenvalue weighted by Crippen LogP contribution is 2.26. The van der Waals surface area contributed by atoms with Gasteiger partial charge in [-0.25, -0.2) is 4.98 Å². The molecule has 28 heavy (non-hydrogen) atoms. The summed E-state index contributed by atoms with van der Waals surface area (Å²) in [4.78, 5) is 27.6. The predicted molar refractivity (Wildman–Crippen MR) is 108 cm³/mol. The van der Waals surface area contributed by atoms with Crippen LogP contribution in [0.3, 0.4) is 0 Å². The average molecular weight is 401 g/mol. The molecule has 0 bridgehead atoms. The summed E-state index contributed by atoms with van der Waals surface area (Å²) in [5, 5.41) is 8.01. The summed E-state index contributed by atoms with van der Waals surface area (Å²) in [5.41, 5.74) is 2.98. The number of aryl methyl sites for hydroxylation is 1. The quantitative estimate of drug-likeness (QED) is 0.744. The summed E-state index contributed by atoms with van der Waals surface area (Å²) in [7, 11) is 0. The van der Waals surface area contributed by atoms with E-state index in [1.165, 1.54) is 30.1 Å². The first-order chi connectivity index (χ1) is 13.5. The molecule has 1 aromatic heterocycles. The second-order valence-electron chi connectivity index (χ2n) is 6.53. The first-order valence-electron chi connectivity index (χ1n) is 9.09. The van der Waals surface area contributed by atoms with Crippen molar-refractivity contribution in [3.8, 4) is 11.3 Å². The van der Waals surface area contributed by atoms with Crippen LogP contribution in [-0.2, 0) is 25.5 Å². The van der Waals surface area contributed by atoms with Gasteiger partial charge in [0.05, 0.1) is 5.69 Å². The molecule has 0 spiro atoms. The van der Waals surface area contributed by atoms with Gasteiger partial charge in [-0.15, -0.1) is 11.3 Å². The van der Waals surface area contributed by atoms with Crippen LogP contribution in [0.2, 0.25) is 0 Å². The van der Waals surface area contributed by atoms with Crippen molar-refractivity contribution in [3.63, 3.8) is 0 Å². The van der Waals surface area contributed by atoms with Crippen LogP contribution in [0.4, 0.5) is 5.13 Å². The number of carbonyl (C=O) groups is 2. The standard InChI is InChI=1S/C20H23N3O4S/c1-13(21-14(2)24)3-4-15-5-7-16(8-6-15)17-12-28-20(22-17)23-19(25)18-11-26-9-10-27-18/h5-8,11-13H,3-4,9-10H2,1-2H3,(H,21,24)(H,22,23,25). The second kappa shape index (κ2) is 9.36. The van der Waals surface area contributed by atoms with E-state index in [0.717, 1.165) is 24.1 Å². The number of nitrogens with one attached hydrogen (secondary N) is 2. The molecule has 0 aliphatic carbocycles. The van der Waals surface area contributed by atoms with Gasteiger partial charge in [-0.05, 0) is 25.3 Å². The minimum atomic E-state index is -0.371. The van der Waals surface area contributed by atoms with Gasteiger partial charge in [0.1, 0.15) is 19.5 Å². The zero-order valence-corrected chi connectivity index (χ0v) is 16.7. The van der Waals surface area contributed by atoms with Crippen molar-refractivity contribution in [2.24, 2.45) is 0 Å². The van der Waals surface area contributed by atoms with Crippen molar-refractivity contribution >= 4 is 28.3 Å². The number of rotatable bonds is 7. The van der Waals surface area contributed by atoms with Crippen LogP contribution in [0.25, 0.3) is 11.3 Å². The molecule has 0 saturated heterocycles. The Labute approximate surface area is 167 Å². The van der Waals surface area contributed by atoms with Crippen LogP contribution in [0.5, 0.6) is 0 Å². The van der Waals surface area contributed by atoms with Gasteiger partial charge < -0.3 is 14.8 Å². The van der Waals surface area contributed by atoms with Crippen LogP contribution in [-0.4, -0.2) is 36.1 Å². The Kier molecular flexibility index (Phi) is 6.65. The number of aromatic nitrogens is 1. The highest BCUT2D eigenvalue weighted by molar-refractivity contribution is 7.14. The summed E-state index contributed by atoms with van der Waals surface area (Å²) < 4.78 is 10.3. The van der Waals surface area contributed by atoms with Crippen molar-refractivity contribution in [1.82, 2.24) is 10.3 Å². The van der Waals surface area contributed by atoms with E-state index < -0.39 is 0 Å². The van der Waals surface area contributed by atoms with E-state index in [4.69, 9.17) is 9.47 Å². The normalized spacial score (nSPS) is 14.3. The lowest BCUT2D eigenvalue weighted by molar-refractivity contribution is -0.119. The number of anilines is 1. The Morgan fingerprint density at radius 2 is 2.04 bits per heavy atom. The third-order valence-electron chi connectivity index (χ3n) is 4.16. The molecular formula is C20H23N3O4S. The van der Waals surface area contributed by atoms with Gasteiger partial charge in [0.25, 0.3) is 5.91 Å². The maximum Gasteiger partial charge on any atom is 0.295 e. The number of hydrogen-bond acceptors (Lipinski definition) is 6. The number of benzene rings is 1. The molecule has 0 fully saturated rings. The lowest BCUT2D eigenvalue weighted by Crippen LogP contribution is -2.30. The van der Waals surface area contributed by atoms with E-state index in [9.17, 15) is 9.59 Å². The van der Waals surface area contributed by atoms with Crippen molar-refractivity contribution < 1.29 is 19.1 Å². The van der Waals surface area contributed by atoms with E-state index in [-0.39, 0.29) is 23.6 Å². The van der Waals surface area contributed by atoms with E-state index >= 15 is 0 Å². The summed E-state index contributed by atoms with van der Waals surface area (Å²) in [5.74, 6) is -0.224. The van der Waals surface area contributed by atoms with Crippen molar-refractivity contribution in [2.75, 3.05) is 18.5 Å². The highest BCUT2D eigenvalue weighted by Gasteiger charge is 2.17. The monoisotopic (exact) mass is 401 g/mol. The van der Waals surface area contributed by atoms with Crippen molar-refractivity contribution in [1.29, 1.82) is 0 Å². The molecule has 1 atom stereocenters. The Morgan fingerprint density at radius 1 is 1.25 bits per heavy atom. The largest absolute Gasteiger partial charge is 0.494 e. The Hall–Kier alpha value is -2.87. The predicted octanol–water partition coefficient (Wildman–Crippen LogP) is 3.09. The molecule has 1 aliphatic rings. The molecule has 1 aliphatic heterocycles. The highest BCUT2D eigenvalue weighted by atomic mass is 32.1. The summed E-state index contributed by atoms with van der Waals surface area (Å²) in [6.07, 6.45) is 3.09. The lowest BCUT2D eigenvalue weighted by Gasteiger charge is -2.14. The molecule has 7 nitrogen and oxygen atoms in total. The SMILES string of the molecule is CC(=O)NC(C)CCc1ccc(-c2csc(NC(=O)C3=COCCO3)n2)cc1. The first kappa shape index (κ1) is 19.9. The number of thiazole rings is 1. The third kappa shape index (κ3) is 5.56. The van der Waals surface area contributed by atoms with E-state index in [1.54, 1.807) is 0 Å². The van der Waals surface area contributed by atoms with Gasteiger partial charge in [-0.2, -0.15) is 0 Å². The Morgan fingerprint density at radius 3 is 2.71 bits per heavy atom. The molecule has 0 radical (unpaired) electrons. The van der Waals surface area contributed by atoms with Crippen LogP contribution in [0.15, 0.2) is 41.7 Å². The fourth-order valence-electron chi connectivity index (χ4n) is 2.75. The Bertz CT molecular complexity index is 861. The molecule has 148 valence electrons. The van der Waals surface area contributed by atoms with Crippen LogP contribution in [0, 0.1) is 0 Å². The molecule has 2 aromatic rings. The zero-order chi connectivity index (χ0) is 19.9. The van der Waals surface area contributed by atoms with E-state index in [1.807, 2.05) is 24.4 Å². The smallest absolute Gasteiger partial charge is 0.295 e. The Balaban J connectivity index is 1.56. The number of amides is 2. The summed E-state index contributed by atoms with van der Waals surface area (Å²) in [6, 6.07) is 8.30. The average Bonchev–Trinajstić information content (AvgIpc) is 3.15. The molecule has 2 N–H and O–H groups in total. The molecule has 0 saturated carbocycles. The van der Waals surface area contributed by atoms with Gasteiger partial charge in [-0.3, -0.25) is 14.9 Å². The molecule has 2 amide bonds. The third-order valence-corrected chi connectivity index (χ3v) is 4.92. The maximum absolute atomic E-state index is 12.1. The lowest BCUT2D eigenvalue weighted by atomic mass is 10.0. The summed E-state index contributed by atoms with van der Waals surface area (Å²) >= 11 is 1.35. The molecule has 1 aromatic carbocycles. The number of hydrogen-bond donors (Lipinski definition) is 2. The van der Waals surface area contributed by atoms with Crippen LogP contribution >= 0.6 is 11.3 Å². The van der Waals surface area contributed by atoms with Gasteiger partial charge in [0.2, 0.25) is 11.7 Å². The fourth-order valence-corrected chi connectivity index (χ4v) is 3.47. The number of nitrogens with zero attached hydrogens (tertiary/aromatic N) is 1. The fraction of sp³-hybridized carbons (Fsp3) is 0.350. The number of ether oxygens (including phenoxy) is 2. The zero-order valence-electron chi connectivity index (χ0n) is 15.9. The molecule has 2 heterocycles. The molecule has 1 unspecified atom stereocenters. The molecular weight excluding hydrogens is 378 g/mol. The van der Waals surface area contributed by atoms with Crippen LogP contribution < -0.4 is 10.6 Å². The molecule has 3 rings (SSSR count). The molecule has 8 heteroatoms. The van der Waals surface area contributed by atoms with Gasteiger partial charge in [0.15, 0.2) is 5.13 Å². The summed E-state index contributed by atoms with van der Waals surface area (Å²) in [6.45, 7) is 4.34. The minimum absolute atomic E-state index is 0.00635. The maximum atomic E-state index is 12.1. The van der Waals surface area contributed by atoms with Gasteiger partial charge >= 0.3 is 0 Å². The van der Waals surface area contributed by atoms with Crippen molar-refractivity contribution in [2.45, 2.75) is 32.7 Å². The first-order valence-corrected chi connectivity index (χ1v) is 9.97. The topological polar surface area (TPSA) is 89.6 Å². The second-order valence-corrected chi connectivity index (χ2v) is 7.39. The minimum Gasteiger partial charge on any atom is -0.494 e.